The van der Waals surface area contributed by atoms with Gasteiger partial charge in [0, 0.05) is 26.0 Å². The van der Waals surface area contributed by atoms with Crippen LogP contribution in [-0.2, 0) is 11.2 Å². The van der Waals surface area contributed by atoms with Gasteiger partial charge < -0.3 is 10.2 Å². The molecule has 0 fully saturated rings. The van der Waals surface area contributed by atoms with Crippen LogP contribution in [0.3, 0.4) is 0 Å². The highest BCUT2D eigenvalue weighted by Gasteiger charge is 2.07. The van der Waals surface area contributed by atoms with Crippen molar-refractivity contribution < 1.29 is 4.79 Å². The summed E-state index contributed by atoms with van der Waals surface area (Å²) in [5, 5.41) is 3.19. The summed E-state index contributed by atoms with van der Waals surface area (Å²) in [5.41, 5.74) is 1.21. The Kier molecular flexibility index (Phi) is 7.11. The Morgan fingerprint density at radius 1 is 1.37 bits per heavy atom. The minimum atomic E-state index is 0.151. The van der Waals surface area contributed by atoms with E-state index in [9.17, 15) is 4.79 Å². The average Bonchev–Trinajstić information content (AvgIpc) is 2.41. The van der Waals surface area contributed by atoms with Crippen molar-refractivity contribution in [1.29, 1.82) is 0 Å². The molecule has 106 valence electrons. The second-order valence-electron chi connectivity index (χ2n) is 5.28. The molecule has 1 aromatic rings. The lowest BCUT2D eigenvalue weighted by Crippen LogP contribution is -2.37. The zero-order chi connectivity index (χ0) is 14.1. The van der Waals surface area contributed by atoms with Crippen LogP contribution in [0.4, 0.5) is 0 Å². The van der Waals surface area contributed by atoms with Gasteiger partial charge in [0.15, 0.2) is 0 Å². The first kappa shape index (κ1) is 15.6. The maximum Gasteiger partial charge on any atom is 0.236 e. The fourth-order valence-electron chi connectivity index (χ4n) is 1.69. The first-order valence-corrected chi connectivity index (χ1v) is 6.93. The smallest absolute Gasteiger partial charge is 0.236 e. The molecule has 0 bridgehead atoms. The van der Waals surface area contributed by atoms with Crippen molar-refractivity contribution in [2.75, 3.05) is 26.7 Å². The Hall–Kier alpha value is -1.42. The Balaban J connectivity index is 2.18. The molecule has 4 nitrogen and oxygen atoms in total. The number of nitrogens with zero attached hydrogens (tertiary/aromatic N) is 2. The molecule has 0 radical (unpaired) electrons. The number of amides is 1. The lowest BCUT2D eigenvalue weighted by atomic mass is 10.1. The van der Waals surface area contributed by atoms with Gasteiger partial charge in [-0.25, -0.2) is 0 Å². The van der Waals surface area contributed by atoms with Crippen molar-refractivity contribution in [3.05, 3.63) is 30.1 Å². The average molecular weight is 263 g/mol. The summed E-state index contributed by atoms with van der Waals surface area (Å²) in [4.78, 5) is 17.6. The lowest BCUT2D eigenvalue weighted by molar-refractivity contribution is -0.128. The van der Waals surface area contributed by atoms with Crippen LogP contribution in [0, 0.1) is 5.92 Å². The number of pyridine rings is 1. The highest BCUT2D eigenvalue weighted by molar-refractivity contribution is 5.77. The third-order valence-corrected chi connectivity index (χ3v) is 3.09. The third-order valence-electron chi connectivity index (χ3n) is 3.09. The van der Waals surface area contributed by atoms with Gasteiger partial charge in [-0.2, -0.15) is 0 Å². The standard InChI is InChI=1S/C15H25N3O/c1-13(2)4-8-17-12-15(19)18(3)11-7-14-5-9-16-10-6-14/h5-6,9-10,13,17H,4,7-8,11-12H2,1-3H3. The summed E-state index contributed by atoms with van der Waals surface area (Å²) in [6, 6.07) is 3.97. The summed E-state index contributed by atoms with van der Waals surface area (Å²) in [5.74, 6) is 0.824. The van der Waals surface area contributed by atoms with Gasteiger partial charge in [0.2, 0.25) is 5.91 Å². The van der Waals surface area contributed by atoms with Crippen molar-refractivity contribution in [3.63, 3.8) is 0 Å². The van der Waals surface area contributed by atoms with Gasteiger partial charge in [0.05, 0.1) is 6.54 Å². The van der Waals surface area contributed by atoms with Gasteiger partial charge in [-0.1, -0.05) is 13.8 Å². The highest BCUT2D eigenvalue weighted by atomic mass is 16.2. The van der Waals surface area contributed by atoms with Crippen LogP contribution in [-0.4, -0.2) is 42.5 Å². The van der Waals surface area contributed by atoms with Crippen LogP contribution in [0.15, 0.2) is 24.5 Å². The van der Waals surface area contributed by atoms with Gasteiger partial charge in [-0.05, 0) is 43.0 Å². The molecule has 0 aliphatic rings. The van der Waals surface area contributed by atoms with Crippen LogP contribution in [0.1, 0.15) is 25.8 Å². The number of carbonyl (C=O) groups excluding carboxylic acids is 1. The van der Waals surface area contributed by atoms with E-state index in [1.165, 1.54) is 5.56 Å². The van der Waals surface area contributed by atoms with Crippen LogP contribution in [0.5, 0.6) is 0 Å². The maximum atomic E-state index is 11.9. The fraction of sp³-hybridized carbons (Fsp3) is 0.600. The van der Waals surface area contributed by atoms with Gasteiger partial charge in [-0.3, -0.25) is 9.78 Å². The molecule has 0 unspecified atom stereocenters. The number of rotatable bonds is 8. The molecule has 4 heteroatoms. The van der Waals surface area contributed by atoms with Crippen molar-refractivity contribution in [1.82, 2.24) is 15.2 Å². The molecular formula is C15H25N3O. The van der Waals surface area contributed by atoms with Crippen LogP contribution >= 0.6 is 0 Å². The van der Waals surface area contributed by atoms with Gasteiger partial charge >= 0.3 is 0 Å². The third kappa shape index (κ3) is 6.91. The summed E-state index contributed by atoms with van der Waals surface area (Å²) < 4.78 is 0. The zero-order valence-corrected chi connectivity index (χ0v) is 12.2. The Labute approximate surface area is 116 Å². The zero-order valence-electron chi connectivity index (χ0n) is 12.2. The van der Waals surface area contributed by atoms with Gasteiger partial charge in [-0.15, -0.1) is 0 Å². The second-order valence-corrected chi connectivity index (χ2v) is 5.28. The van der Waals surface area contributed by atoms with Crippen molar-refractivity contribution >= 4 is 5.91 Å². The van der Waals surface area contributed by atoms with Crippen molar-refractivity contribution in [2.24, 2.45) is 5.92 Å². The van der Waals surface area contributed by atoms with Gasteiger partial charge in [0.1, 0.15) is 0 Å². The lowest BCUT2D eigenvalue weighted by Gasteiger charge is -2.17. The SMILES string of the molecule is CC(C)CCNCC(=O)N(C)CCc1ccncc1. The van der Waals surface area contributed by atoms with E-state index in [-0.39, 0.29) is 5.91 Å². The Morgan fingerprint density at radius 3 is 2.68 bits per heavy atom. The number of aromatic nitrogens is 1. The molecule has 0 saturated heterocycles. The molecule has 1 amide bonds. The Morgan fingerprint density at radius 2 is 2.05 bits per heavy atom. The molecular weight excluding hydrogens is 238 g/mol. The van der Waals surface area contributed by atoms with E-state index in [0.29, 0.717) is 12.5 Å². The van der Waals surface area contributed by atoms with Crippen molar-refractivity contribution in [3.8, 4) is 0 Å². The second kappa shape index (κ2) is 8.64. The number of hydrogen-bond acceptors (Lipinski definition) is 3. The summed E-state index contributed by atoms with van der Waals surface area (Å²) >= 11 is 0. The number of carbonyl (C=O) groups is 1. The van der Waals surface area contributed by atoms with E-state index in [0.717, 1.165) is 25.9 Å². The molecule has 1 aromatic heterocycles. The summed E-state index contributed by atoms with van der Waals surface area (Å²) in [6.45, 7) is 6.45. The van der Waals surface area contributed by atoms with Gasteiger partial charge in [0.25, 0.3) is 0 Å². The fourth-order valence-corrected chi connectivity index (χ4v) is 1.69. The molecule has 0 aliphatic carbocycles. The largest absolute Gasteiger partial charge is 0.344 e. The molecule has 19 heavy (non-hydrogen) atoms. The first-order valence-electron chi connectivity index (χ1n) is 6.93. The molecule has 1 N–H and O–H groups in total. The van der Waals surface area contributed by atoms with E-state index in [4.69, 9.17) is 0 Å². The van der Waals surface area contributed by atoms with Crippen LogP contribution in [0.2, 0.25) is 0 Å². The highest BCUT2D eigenvalue weighted by Crippen LogP contribution is 1.99. The molecule has 0 saturated carbocycles. The predicted octanol–water partition coefficient (Wildman–Crippen LogP) is 1.72. The topological polar surface area (TPSA) is 45.2 Å². The minimum Gasteiger partial charge on any atom is -0.344 e. The van der Waals surface area contributed by atoms with E-state index in [2.05, 4.69) is 24.1 Å². The predicted molar refractivity (Wildman–Crippen MR) is 77.9 cm³/mol. The summed E-state index contributed by atoms with van der Waals surface area (Å²) in [6.07, 6.45) is 5.54. The Bertz CT molecular complexity index is 365. The number of likely N-dealkylation sites (N-methyl/N-ethyl adjacent to an activating group) is 1. The van der Waals surface area contributed by atoms with Crippen molar-refractivity contribution in [2.45, 2.75) is 26.7 Å². The van der Waals surface area contributed by atoms with E-state index in [1.54, 1.807) is 17.3 Å². The number of hydrogen-bond donors (Lipinski definition) is 1. The quantitative estimate of drug-likeness (QED) is 0.726. The van der Waals surface area contributed by atoms with E-state index < -0.39 is 0 Å². The number of nitrogens with one attached hydrogen (secondary N) is 1. The van der Waals surface area contributed by atoms with Crippen LogP contribution < -0.4 is 5.32 Å². The molecule has 0 aromatic carbocycles. The van der Waals surface area contributed by atoms with Crippen LogP contribution in [0.25, 0.3) is 0 Å². The first-order chi connectivity index (χ1) is 9.09. The normalized spacial score (nSPS) is 10.7. The molecule has 1 heterocycles. The molecule has 0 aliphatic heterocycles. The minimum absolute atomic E-state index is 0.151. The molecule has 0 spiro atoms. The maximum absolute atomic E-state index is 11.9. The van der Waals surface area contributed by atoms with E-state index >= 15 is 0 Å². The molecule has 0 atom stereocenters. The summed E-state index contributed by atoms with van der Waals surface area (Å²) in [7, 11) is 1.85. The monoisotopic (exact) mass is 263 g/mol. The molecule has 1 rings (SSSR count). The van der Waals surface area contributed by atoms with E-state index in [1.807, 2.05) is 19.2 Å².